The van der Waals surface area contributed by atoms with Crippen molar-refractivity contribution in [1.82, 2.24) is 4.90 Å². The van der Waals surface area contributed by atoms with Gasteiger partial charge < -0.3 is 10.6 Å². The maximum Gasteiger partial charge on any atom is 0.00191 e. The van der Waals surface area contributed by atoms with Crippen LogP contribution in [-0.4, -0.2) is 31.1 Å². The number of hydrogen-bond acceptors (Lipinski definition) is 2. The first-order chi connectivity index (χ1) is 6.93. The lowest BCUT2D eigenvalue weighted by Gasteiger charge is -2.39. The maximum atomic E-state index is 5.66. The highest BCUT2D eigenvalue weighted by molar-refractivity contribution is 4.81. The van der Waals surface area contributed by atoms with Crippen LogP contribution in [0.25, 0.3) is 0 Å². The van der Waals surface area contributed by atoms with Crippen molar-refractivity contribution in [3.8, 4) is 0 Å². The predicted molar refractivity (Wildman–Crippen MR) is 66.8 cm³/mol. The molecule has 0 aromatic rings. The summed E-state index contributed by atoms with van der Waals surface area (Å²) in [5.41, 5.74) is 6.15. The quantitative estimate of drug-likeness (QED) is 0.778. The first kappa shape index (κ1) is 13.0. The first-order valence-corrected chi connectivity index (χ1v) is 6.36. The second kappa shape index (κ2) is 5.31. The summed E-state index contributed by atoms with van der Waals surface area (Å²) in [6.07, 6.45) is 2.72. The molecule has 1 unspecified atom stereocenters. The summed E-state index contributed by atoms with van der Waals surface area (Å²) in [5.74, 6) is 1.55. The van der Waals surface area contributed by atoms with E-state index >= 15 is 0 Å². The number of hydrogen-bond donors (Lipinski definition) is 1. The number of nitrogens with zero attached hydrogens (tertiary/aromatic N) is 1. The third-order valence-electron chi connectivity index (χ3n) is 3.78. The Morgan fingerprint density at radius 1 is 1.27 bits per heavy atom. The zero-order valence-electron chi connectivity index (χ0n) is 10.9. The molecule has 0 aromatic carbocycles. The van der Waals surface area contributed by atoms with Crippen LogP contribution in [0.2, 0.25) is 0 Å². The number of piperidine rings is 1. The maximum absolute atomic E-state index is 5.66. The zero-order valence-corrected chi connectivity index (χ0v) is 10.9. The largest absolute Gasteiger partial charge is 0.330 e. The Bertz CT molecular complexity index is 175. The van der Waals surface area contributed by atoms with Crippen LogP contribution in [-0.2, 0) is 0 Å². The highest BCUT2D eigenvalue weighted by atomic mass is 15.1. The highest BCUT2D eigenvalue weighted by Gasteiger charge is 2.28. The molecule has 1 aliphatic heterocycles. The molecule has 1 fully saturated rings. The number of likely N-dealkylation sites (tertiary alicyclic amines) is 1. The van der Waals surface area contributed by atoms with Gasteiger partial charge >= 0.3 is 0 Å². The smallest absolute Gasteiger partial charge is 0.00191 e. The van der Waals surface area contributed by atoms with Crippen molar-refractivity contribution < 1.29 is 0 Å². The van der Waals surface area contributed by atoms with Crippen molar-refractivity contribution in [2.24, 2.45) is 23.0 Å². The second-order valence-corrected chi connectivity index (χ2v) is 6.28. The van der Waals surface area contributed by atoms with Crippen LogP contribution >= 0.6 is 0 Å². The Morgan fingerprint density at radius 2 is 1.80 bits per heavy atom. The molecule has 0 aromatic heterocycles. The molecular weight excluding hydrogens is 184 g/mol. The summed E-state index contributed by atoms with van der Waals surface area (Å²) >= 11 is 0. The van der Waals surface area contributed by atoms with E-state index in [1.165, 1.54) is 32.5 Å². The molecule has 0 bridgehead atoms. The monoisotopic (exact) mass is 212 g/mol. The van der Waals surface area contributed by atoms with Crippen LogP contribution in [0.3, 0.4) is 0 Å². The molecule has 2 nitrogen and oxygen atoms in total. The second-order valence-electron chi connectivity index (χ2n) is 6.28. The molecule has 0 amide bonds. The standard InChI is InChI=1S/C13H28N2/c1-11(9-14)10-15-7-5-12(6-8-15)13(2,3)4/h11-12H,5-10,14H2,1-4H3. The van der Waals surface area contributed by atoms with Crippen LogP contribution in [0.1, 0.15) is 40.5 Å². The molecule has 1 rings (SSSR count). The Kier molecular flexibility index (Phi) is 4.60. The van der Waals surface area contributed by atoms with Crippen LogP contribution in [0.5, 0.6) is 0 Å². The minimum absolute atomic E-state index is 0.492. The van der Waals surface area contributed by atoms with E-state index in [9.17, 15) is 0 Å². The lowest BCUT2D eigenvalue weighted by atomic mass is 9.75. The van der Waals surface area contributed by atoms with E-state index in [2.05, 4.69) is 32.6 Å². The van der Waals surface area contributed by atoms with Crippen molar-refractivity contribution in [1.29, 1.82) is 0 Å². The zero-order chi connectivity index (χ0) is 11.5. The Hall–Kier alpha value is -0.0800. The van der Waals surface area contributed by atoms with Gasteiger partial charge in [-0.1, -0.05) is 27.7 Å². The minimum Gasteiger partial charge on any atom is -0.330 e. The molecule has 2 N–H and O–H groups in total. The van der Waals surface area contributed by atoms with Crippen molar-refractivity contribution >= 4 is 0 Å². The summed E-state index contributed by atoms with van der Waals surface area (Å²) in [6.45, 7) is 13.9. The van der Waals surface area contributed by atoms with E-state index in [1.807, 2.05) is 0 Å². The van der Waals surface area contributed by atoms with Gasteiger partial charge in [0.15, 0.2) is 0 Å². The summed E-state index contributed by atoms with van der Waals surface area (Å²) in [4.78, 5) is 2.58. The molecule has 15 heavy (non-hydrogen) atoms. The number of nitrogens with two attached hydrogens (primary N) is 1. The molecule has 1 aliphatic rings. The summed E-state index contributed by atoms with van der Waals surface area (Å²) in [7, 11) is 0. The molecule has 0 radical (unpaired) electrons. The molecule has 2 heteroatoms. The lowest BCUT2D eigenvalue weighted by molar-refractivity contribution is 0.103. The van der Waals surface area contributed by atoms with Crippen LogP contribution in [0, 0.1) is 17.3 Å². The molecule has 0 spiro atoms. The molecule has 90 valence electrons. The fraction of sp³-hybridized carbons (Fsp3) is 1.00. The van der Waals surface area contributed by atoms with E-state index < -0.39 is 0 Å². The van der Waals surface area contributed by atoms with E-state index in [0.717, 1.165) is 12.5 Å². The molecule has 1 atom stereocenters. The average Bonchev–Trinajstić information content (AvgIpc) is 2.17. The van der Waals surface area contributed by atoms with Gasteiger partial charge in [-0.15, -0.1) is 0 Å². The van der Waals surface area contributed by atoms with Crippen molar-refractivity contribution in [3.05, 3.63) is 0 Å². The molecule has 1 saturated heterocycles. The van der Waals surface area contributed by atoms with Crippen molar-refractivity contribution in [2.45, 2.75) is 40.5 Å². The molecular formula is C13H28N2. The van der Waals surface area contributed by atoms with Gasteiger partial charge in [0.2, 0.25) is 0 Å². The number of rotatable bonds is 3. The third-order valence-corrected chi connectivity index (χ3v) is 3.78. The van der Waals surface area contributed by atoms with Gasteiger partial charge in [-0.05, 0) is 49.7 Å². The lowest BCUT2D eigenvalue weighted by Crippen LogP contribution is -2.40. The minimum atomic E-state index is 0.492. The third kappa shape index (κ3) is 4.12. The van der Waals surface area contributed by atoms with Crippen LogP contribution < -0.4 is 5.73 Å². The van der Waals surface area contributed by atoms with Crippen LogP contribution in [0.15, 0.2) is 0 Å². The summed E-state index contributed by atoms with van der Waals surface area (Å²) in [5, 5.41) is 0. The van der Waals surface area contributed by atoms with E-state index in [1.54, 1.807) is 0 Å². The average molecular weight is 212 g/mol. The highest BCUT2D eigenvalue weighted by Crippen LogP contribution is 2.34. The summed E-state index contributed by atoms with van der Waals surface area (Å²) < 4.78 is 0. The SMILES string of the molecule is CC(CN)CN1CCC(C(C)(C)C)CC1. The van der Waals surface area contributed by atoms with Gasteiger partial charge in [0, 0.05) is 6.54 Å². The van der Waals surface area contributed by atoms with Gasteiger partial charge in [-0.25, -0.2) is 0 Å². The fourth-order valence-corrected chi connectivity index (χ4v) is 2.50. The predicted octanol–water partition coefficient (Wildman–Crippen LogP) is 2.34. The van der Waals surface area contributed by atoms with E-state index in [0.29, 0.717) is 11.3 Å². The Balaban J connectivity index is 2.30. The van der Waals surface area contributed by atoms with Gasteiger partial charge in [0.25, 0.3) is 0 Å². The molecule has 0 aliphatic carbocycles. The van der Waals surface area contributed by atoms with Gasteiger partial charge in [-0.3, -0.25) is 0 Å². The van der Waals surface area contributed by atoms with E-state index in [4.69, 9.17) is 5.73 Å². The van der Waals surface area contributed by atoms with E-state index in [-0.39, 0.29) is 0 Å². The normalized spacial score (nSPS) is 23.0. The topological polar surface area (TPSA) is 29.3 Å². The van der Waals surface area contributed by atoms with Crippen molar-refractivity contribution in [2.75, 3.05) is 26.2 Å². The van der Waals surface area contributed by atoms with Crippen molar-refractivity contribution in [3.63, 3.8) is 0 Å². The summed E-state index contributed by atoms with van der Waals surface area (Å²) in [6, 6.07) is 0. The first-order valence-electron chi connectivity index (χ1n) is 6.36. The fourth-order valence-electron chi connectivity index (χ4n) is 2.50. The van der Waals surface area contributed by atoms with Crippen LogP contribution in [0.4, 0.5) is 0 Å². The Labute approximate surface area is 95.2 Å². The van der Waals surface area contributed by atoms with Gasteiger partial charge in [-0.2, -0.15) is 0 Å². The van der Waals surface area contributed by atoms with Gasteiger partial charge in [0.05, 0.1) is 0 Å². The van der Waals surface area contributed by atoms with Gasteiger partial charge in [0.1, 0.15) is 0 Å². The molecule has 0 saturated carbocycles. The molecule has 1 heterocycles. The Morgan fingerprint density at radius 3 is 2.20 bits per heavy atom.